The van der Waals surface area contributed by atoms with Crippen LogP contribution in [0.2, 0.25) is 0 Å². The van der Waals surface area contributed by atoms with E-state index in [0.29, 0.717) is 0 Å². The van der Waals surface area contributed by atoms with Crippen LogP contribution in [0.4, 0.5) is 0 Å². The van der Waals surface area contributed by atoms with Gasteiger partial charge in [-0.3, -0.25) is 4.79 Å². The molecule has 3 rings (SSSR count). The van der Waals surface area contributed by atoms with Gasteiger partial charge in [0.2, 0.25) is 5.91 Å². The number of nitrogens with one attached hydrogen (secondary N) is 1. The standard InChI is InChI=1S/C14H15NO2/c1-10(16)15-13-7-8-14(9-13,17-2)12-6-4-3-5-11(12)13/h3-8H,9H2,1-2H3,(H,15,16). The van der Waals surface area contributed by atoms with Gasteiger partial charge in [-0.2, -0.15) is 0 Å². The SMILES string of the molecule is COC12C=CC(NC(C)=O)(C1)c1ccccc12. The number of hydrogen-bond acceptors (Lipinski definition) is 2. The third-order valence-electron chi connectivity index (χ3n) is 3.81. The Morgan fingerprint density at radius 2 is 2.00 bits per heavy atom. The van der Waals surface area contributed by atoms with E-state index in [1.807, 2.05) is 12.1 Å². The van der Waals surface area contributed by atoms with Crippen LogP contribution in [-0.4, -0.2) is 13.0 Å². The molecular weight excluding hydrogens is 214 g/mol. The Labute approximate surface area is 100 Å². The lowest BCUT2D eigenvalue weighted by Gasteiger charge is -2.26. The van der Waals surface area contributed by atoms with Crippen LogP contribution in [0, 0.1) is 0 Å². The Morgan fingerprint density at radius 1 is 1.29 bits per heavy atom. The predicted octanol–water partition coefficient (Wildman–Crippen LogP) is 1.83. The minimum atomic E-state index is -0.377. The number of hydrogen-bond donors (Lipinski definition) is 1. The summed E-state index contributed by atoms with van der Waals surface area (Å²) in [6, 6.07) is 8.15. The fourth-order valence-electron chi connectivity index (χ4n) is 3.14. The van der Waals surface area contributed by atoms with Gasteiger partial charge in [-0.1, -0.05) is 30.3 Å². The molecule has 0 saturated carbocycles. The molecule has 1 amide bonds. The lowest BCUT2D eigenvalue weighted by Crippen LogP contribution is -2.41. The van der Waals surface area contributed by atoms with Crippen molar-refractivity contribution in [2.75, 3.05) is 7.11 Å². The van der Waals surface area contributed by atoms with Crippen molar-refractivity contribution in [3.05, 3.63) is 47.5 Å². The molecule has 2 aliphatic carbocycles. The molecule has 0 radical (unpaired) electrons. The van der Waals surface area contributed by atoms with E-state index in [-0.39, 0.29) is 17.0 Å². The summed E-state index contributed by atoms with van der Waals surface area (Å²) in [7, 11) is 1.72. The number of fused-ring (bicyclic) bond motifs is 5. The van der Waals surface area contributed by atoms with Gasteiger partial charge >= 0.3 is 0 Å². The summed E-state index contributed by atoms with van der Waals surface area (Å²) >= 11 is 0. The van der Waals surface area contributed by atoms with Crippen LogP contribution in [0.5, 0.6) is 0 Å². The molecule has 88 valence electrons. The van der Waals surface area contributed by atoms with Crippen molar-refractivity contribution in [2.24, 2.45) is 0 Å². The van der Waals surface area contributed by atoms with Crippen molar-refractivity contribution >= 4 is 5.91 Å². The van der Waals surface area contributed by atoms with Crippen LogP contribution in [0.1, 0.15) is 24.5 Å². The molecule has 3 nitrogen and oxygen atoms in total. The van der Waals surface area contributed by atoms with E-state index in [1.165, 1.54) is 5.56 Å². The molecule has 2 unspecified atom stereocenters. The summed E-state index contributed by atoms with van der Waals surface area (Å²) in [6.07, 6.45) is 4.88. The van der Waals surface area contributed by atoms with Gasteiger partial charge in [0.05, 0.1) is 5.54 Å². The molecule has 0 aliphatic heterocycles. The quantitative estimate of drug-likeness (QED) is 0.786. The van der Waals surface area contributed by atoms with Crippen molar-refractivity contribution < 1.29 is 9.53 Å². The van der Waals surface area contributed by atoms with Gasteiger partial charge in [-0.05, 0) is 17.2 Å². The third-order valence-corrected chi connectivity index (χ3v) is 3.81. The Bertz CT molecular complexity index is 523. The number of rotatable bonds is 2. The number of carbonyl (C=O) groups is 1. The smallest absolute Gasteiger partial charge is 0.217 e. The first-order valence-corrected chi connectivity index (χ1v) is 5.76. The van der Waals surface area contributed by atoms with Gasteiger partial charge in [-0.15, -0.1) is 0 Å². The topological polar surface area (TPSA) is 38.3 Å². The van der Waals surface area contributed by atoms with Crippen molar-refractivity contribution in [2.45, 2.75) is 24.5 Å². The van der Waals surface area contributed by atoms with Gasteiger partial charge in [0.25, 0.3) is 0 Å². The van der Waals surface area contributed by atoms with E-state index in [4.69, 9.17) is 4.74 Å². The summed E-state index contributed by atoms with van der Waals surface area (Å²) < 4.78 is 5.68. The molecule has 17 heavy (non-hydrogen) atoms. The van der Waals surface area contributed by atoms with Gasteiger partial charge in [0.15, 0.2) is 0 Å². The molecule has 3 heteroatoms. The van der Waals surface area contributed by atoms with Gasteiger partial charge in [0.1, 0.15) is 5.60 Å². The van der Waals surface area contributed by atoms with Gasteiger partial charge in [0, 0.05) is 20.5 Å². The van der Waals surface area contributed by atoms with Crippen LogP contribution < -0.4 is 5.32 Å². The second kappa shape index (κ2) is 3.20. The Kier molecular flexibility index (Phi) is 1.98. The van der Waals surface area contributed by atoms with Crippen LogP contribution in [-0.2, 0) is 20.7 Å². The molecule has 2 atom stereocenters. The second-order valence-corrected chi connectivity index (χ2v) is 4.80. The Hall–Kier alpha value is -1.61. The second-order valence-electron chi connectivity index (χ2n) is 4.80. The van der Waals surface area contributed by atoms with Crippen LogP contribution in [0.3, 0.4) is 0 Å². The van der Waals surface area contributed by atoms with Crippen molar-refractivity contribution in [1.82, 2.24) is 5.32 Å². The lowest BCUT2D eigenvalue weighted by molar-refractivity contribution is -0.120. The molecule has 0 aromatic heterocycles. The molecule has 0 spiro atoms. The fourth-order valence-corrected chi connectivity index (χ4v) is 3.14. The summed E-state index contributed by atoms with van der Waals surface area (Å²) in [6.45, 7) is 1.55. The summed E-state index contributed by atoms with van der Waals surface area (Å²) in [5.41, 5.74) is 1.58. The van der Waals surface area contributed by atoms with Crippen molar-refractivity contribution in [3.8, 4) is 0 Å². The molecule has 1 aromatic carbocycles. The Morgan fingerprint density at radius 3 is 2.65 bits per heavy atom. The number of ether oxygens (including phenoxy) is 1. The first kappa shape index (κ1) is 10.5. The highest BCUT2D eigenvalue weighted by molar-refractivity contribution is 5.76. The monoisotopic (exact) mass is 229 g/mol. The normalized spacial score (nSPS) is 32.6. The first-order chi connectivity index (χ1) is 8.12. The average Bonchev–Trinajstić information content (AvgIpc) is 2.81. The maximum absolute atomic E-state index is 11.4. The largest absolute Gasteiger partial charge is 0.369 e. The maximum atomic E-state index is 11.4. The minimum Gasteiger partial charge on any atom is -0.369 e. The van der Waals surface area contributed by atoms with E-state index >= 15 is 0 Å². The molecule has 0 fully saturated rings. The first-order valence-electron chi connectivity index (χ1n) is 5.76. The average molecular weight is 229 g/mol. The highest BCUT2D eigenvalue weighted by Gasteiger charge is 2.55. The zero-order valence-corrected chi connectivity index (χ0v) is 9.99. The zero-order valence-electron chi connectivity index (χ0n) is 9.99. The van der Waals surface area contributed by atoms with E-state index in [2.05, 4.69) is 29.6 Å². The van der Waals surface area contributed by atoms with Crippen molar-refractivity contribution in [1.29, 1.82) is 0 Å². The lowest BCUT2D eigenvalue weighted by atomic mass is 9.90. The van der Waals surface area contributed by atoms with Crippen molar-refractivity contribution in [3.63, 3.8) is 0 Å². The molecule has 1 N–H and O–H groups in total. The third kappa shape index (κ3) is 1.23. The van der Waals surface area contributed by atoms with E-state index in [0.717, 1.165) is 12.0 Å². The summed E-state index contributed by atoms with van der Waals surface area (Å²) in [5.74, 6) is -0.0155. The molecule has 2 bridgehead atoms. The van der Waals surface area contributed by atoms with E-state index in [1.54, 1.807) is 14.0 Å². The Balaban J connectivity index is 2.17. The highest BCUT2D eigenvalue weighted by atomic mass is 16.5. The molecule has 0 saturated heterocycles. The molecule has 0 heterocycles. The van der Waals surface area contributed by atoms with E-state index < -0.39 is 0 Å². The summed E-state index contributed by atoms with van der Waals surface area (Å²) in [5, 5.41) is 3.06. The zero-order chi connectivity index (χ0) is 12.1. The van der Waals surface area contributed by atoms with E-state index in [9.17, 15) is 4.79 Å². The van der Waals surface area contributed by atoms with Gasteiger partial charge in [-0.25, -0.2) is 0 Å². The number of amides is 1. The van der Waals surface area contributed by atoms with Gasteiger partial charge < -0.3 is 10.1 Å². The predicted molar refractivity (Wildman–Crippen MR) is 64.4 cm³/mol. The summed E-state index contributed by atoms with van der Waals surface area (Å²) in [4.78, 5) is 11.4. The minimum absolute atomic E-state index is 0.0155. The number of benzene rings is 1. The number of carbonyl (C=O) groups excluding carboxylic acids is 1. The van der Waals surface area contributed by atoms with Crippen LogP contribution in [0.15, 0.2) is 36.4 Å². The highest BCUT2D eigenvalue weighted by Crippen LogP contribution is 2.55. The number of methoxy groups -OCH3 is 1. The molecule has 2 aliphatic rings. The maximum Gasteiger partial charge on any atom is 0.217 e. The van der Waals surface area contributed by atoms with Crippen LogP contribution >= 0.6 is 0 Å². The fraction of sp³-hybridized carbons (Fsp3) is 0.357. The molecule has 1 aromatic rings. The van der Waals surface area contributed by atoms with Crippen LogP contribution in [0.25, 0.3) is 0 Å². The molecular formula is C14H15NO2.